The number of morpholine rings is 1. The third kappa shape index (κ3) is 5.65. The molecule has 0 bridgehead atoms. The summed E-state index contributed by atoms with van der Waals surface area (Å²) in [6.07, 6.45) is 0.759. The van der Waals surface area contributed by atoms with Gasteiger partial charge in [-0.25, -0.2) is 13.4 Å². The number of aromatic nitrogens is 1. The van der Waals surface area contributed by atoms with E-state index in [2.05, 4.69) is 4.90 Å². The lowest BCUT2D eigenvalue weighted by Gasteiger charge is -2.26. The highest BCUT2D eigenvalue weighted by molar-refractivity contribution is 7.89. The molecule has 9 nitrogen and oxygen atoms in total. The second-order valence-electron chi connectivity index (χ2n) is 8.46. The van der Waals surface area contributed by atoms with E-state index in [1.165, 1.54) is 27.8 Å². The fourth-order valence-electron chi connectivity index (χ4n) is 3.88. The van der Waals surface area contributed by atoms with Gasteiger partial charge in [0.1, 0.15) is 11.3 Å². The van der Waals surface area contributed by atoms with Crippen LogP contribution in [0, 0.1) is 0 Å². The van der Waals surface area contributed by atoms with Gasteiger partial charge in [0.25, 0.3) is 5.91 Å². The summed E-state index contributed by atoms with van der Waals surface area (Å²) in [6.45, 7) is 2.70. The highest BCUT2D eigenvalue weighted by Gasteiger charge is 2.27. The van der Waals surface area contributed by atoms with Crippen molar-refractivity contribution in [1.82, 2.24) is 14.2 Å². The summed E-state index contributed by atoms with van der Waals surface area (Å²) in [5.41, 5.74) is 1.12. The number of fused-ring (bicyclic) bond motifs is 1. The number of benzene rings is 2. The Hall–Kier alpha value is -2.57. The smallest absolute Gasteiger partial charge is 0.260 e. The average Bonchev–Trinajstić information content (AvgIpc) is 3.31. The number of nitrogens with zero attached hydrogens (tertiary/aromatic N) is 4. The van der Waals surface area contributed by atoms with Gasteiger partial charge in [-0.2, -0.15) is 4.31 Å². The molecule has 188 valence electrons. The Bertz CT molecular complexity index is 1270. The van der Waals surface area contributed by atoms with Crippen molar-refractivity contribution < 1.29 is 22.7 Å². The maximum Gasteiger partial charge on any atom is 0.260 e. The van der Waals surface area contributed by atoms with Gasteiger partial charge < -0.3 is 14.4 Å². The molecular formula is C24H30N4O5S2. The number of sulfonamides is 1. The number of carbonyl (C=O) groups is 1. The Morgan fingerprint density at radius 3 is 2.49 bits per heavy atom. The van der Waals surface area contributed by atoms with Crippen LogP contribution >= 0.6 is 11.3 Å². The molecule has 3 aromatic rings. The van der Waals surface area contributed by atoms with Crippen molar-refractivity contribution in [2.75, 3.05) is 65.5 Å². The summed E-state index contributed by atoms with van der Waals surface area (Å²) in [7, 11) is 1.95. The molecule has 1 fully saturated rings. The van der Waals surface area contributed by atoms with Crippen molar-refractivity contribution >= 4 is 42.6 Å². The Morgan fingerprint density at radius 1 is 1.11 bits per heavy atom. The maximum absolute atomic E-state index is 13.6. The highest BCUT2D eigenvalue weighted by atomic mass is 32.2. The van der Waals surface area contributed by atoms with Crippen LogP contribution in [-0.2, 0) is 14.8 Å². The van der Waals surface area contributed by atoms with Crippen LogP contribution in [0.3, 0.4) is 0 Å². The zero-order chi connectivity index (χ0) is 25.0. The molecule has 1 aliphatic rings. The van der Waals surface area contributed by atoms with E-state index in [4.69, 9.17) is 14.5 Å². The van der Waals surface area contributed by atoms with Crippen LogP contribution in [0.4, 0.5) is 5.13 Å². The lowest BCUT2D eigenvalue weighted by molar-refractivity contribution is 0.0730. The first-order valence-corrected chi connectivity index (χ1v) is 13.6. The molecule has 1 aliphatic heterocycles. The van der Waals surface area contributed by atoms with Crippen molar-refractivity contribution in [3.8, 4) is 5.75 Å². The van der Waals surface area contributed by atoms with Crippen LogP contribution in [0.2, 0.25) is 0 Å². The summed E-state index contributed by atoms with van der Waals surface area (Å²) < 4.78 is 38.9. The molecule has 0 atom stereocenters. The zero-order valence-electron chi connectivity index (χ0n) is 20.1. The predicted octanol–water partition coefficient (Wildman–Crippen LogP) is 2.92. The summed E-state index contributed by atoms with van der Waals surface area (Å²) in [5, 5.41) is 0.582. The van der Waals surface area contributed by atoms with E-state index in [-0.39, 0.29) is 10.8 Å². The monoisotopic (exact) mass is 518 g/mol. The second-order valence-corrected chi connectivity index (χ2v) is 11.4. The van der Waals surface area contributed by atoms with Crippen LogP contribution in [0.5, 0.6) is 5.75 Å². The van der Waals surface area contributed by atoms with Crippen molar-refractivity contribution in [2.45, 2.75) is 11.3 Å². The van der Waals surface area contributed by atoms with Gasteiger partial charge in [-0.05, 0) is 63.5 Å². The fraction of sp³-hybridized carbons (Fsp3) is 0.417. The van der Waals surface area contributed by atoms with E-state index in [0.29, 0.717) is 54.8 Å². The number of rotatable bonds is 9. The molecule has 0 aliphatic carbocycles. The van der Waals surface area contributed by atoms with Gasteiger partial charge in [-0.1, -0.05) is 17.4 Å². The minimum atomic E-state index is -3.63. The SMILES string of the molecule is COc1cccc2sc(N(CCCN(C)C)C(=O)c3ccc(S(=O)(=O)N4CCOCC4)cc3)nc12. The average molecular weight is 519 g/mol. The minimum absolute atomic E-state index is 0.167. The molecule has 0 N–H and O–H groups in total. The standard InChI is InChI=1S/C24H30N4O5S2/c1-26(2)12-5-13-28(24-25-22-20(32-3)6-4-7-21(22)34-24)23(29)18-8-10-19(11-9-18)35(30,31)27-14-16-33-17-15-27/h4,6-11H,5,12-17H2,1-3H3. The van der Waals surface area contributed by atoms with Gasteiger partial charge in [0, 0.05) is 25.2 Å². The van der Waals surface area contributed by atoms with Gasteiger partial charge in [0.15, 0.2) is 5.13 Å². The number of anilines is 1. The molecule has 2 heterocycles. The fourth-order valence-corrected chi connectivity index (χ4v) is 6.30. The number of hydrogen-bond acceptors (Lipinski definition) is 8. The topological polar surface area (TPSA) is 92.3 Å². The van der Waals surface area contributed by atoms with E-state index in [1.807, 2.05) is 32.3 Å². The Labute approximate surface area is 209 Å². The van der Waals surface area contributed by atoms with Crippen molar-refractivity contribution in [2.24, 2.45) is 0 Å². The third-order valence-electron chi connectivity index (χ3n) is 5.76. The third-order valence-corrected chi connectivity index (χ3v) is 8.72. The van der Waals surface area contributed by atoms with Crippen LogP contribution in [0.15, 0.2) is 47.4 Å². The second kappa shape index (κ2) is 11.0. The molecule has 11 heteroatoms. The van der Waals surface area contributed by atoms with Gasteiger partial charge in [0.05, 0.1) is 29.9 Å². The number of carbonyl (C=O) groups excluding carboxylic acids is 1. The van der Waals surface area contributed by atoms with E-state index in [9.17, 15) is 13.2 Å². The summed E-state index contributed by atoms with van der Waals surface area (Å²) in [6, 6.07) is 11.8. The van der Waals surface area contributed by atoms with Crippen LogP contribution in [0.25, 0.3) is 10.2 Å². The molecule has 1 amide bonds. The van der Waals surface area contributed by atoms with Gasteiger partial charge >= 0.3 is 0 Å². The lowest BCUT2D eigenvalue weighted by atomic mass is 10.2. The Kier molecular flexibility index (Phi) is 8.02. The van der Waals surface area contributed by atoms with Crippen LogP contribution in [-0.4, -0.2) is 89.1 Å². The van der Waals surface area contributed by atoms with E-state index < -0.39 is 10.0 Å². The quantitative estimate of drug-likeness (QED) is 0.430. The molecule has 0 spiro atoms. The predicted molar refractivity (Wildman–Crippen MR) is 137 cm³/mol. The summed E-state index contributed by atoms with van der Waals surface area (Å²) in [5.74, 6) is 0.431. The largest absolute Gasteiger partial charge is 0.494 e. The first-order valence-electron chi connectivity index (χ1n) is 11.4. The normalized spacial score (nSPS) is 15.0. The van der Waals surface area contributed by atoms with Crippen molar-refractivity contribution in [1.29, 1.82) is 0 Å². The molecule has 4 rings (SSSR count). The molecule has 2 aromatic carbocycles. The van der Waals surface area contributed by atoms with Crippen LogP contribution < -0.4 is 9.64 Å². The summed E-state index contributed by atoms with van der Waals surface area (Å²) >= 11 is 1.43. The lowest BCUT2D eigenvalue weighted by Crippen LogP contribution is -2.40. The maximum atomic E-state index is 13.6. The number of ether oxygens (including phenoxy) is 2. The molecule has 0 saturated carbocycles. The zero-order valence-corrected chi connectivity index (χ0v) is 21.8. The molecule has 0 radical (unpaired) electrons. The number of para-hydroxylation sites is 1. The molecule has 1 aromatic heterocycles. The van der Waals surface area contributed by atoms with E-state index >= 15 is 0 Å². The first-order chi connectivity index (χ1) is 16.8. The van der Waals surface area contributed by atoms with E-state index in [0.717, 1.165) is 17.7 Å². The molecular weight excluding hydrogens is 488 g/mol. The van der Waals surface area contributed by atoms with Crippen molar-refractivity contribution in [3.05, 3.63) is 48.0 Å². The minimum Gasteiger partial charge on any atom is -0.494 e. The first kappa shape index (κ1) is 25.5. The Balaban J connectivity index is 1.62. The number of methoxy groups -OCH3 is 1. The number of amides is 1. The Morgan fingerprint density at radius 2 is 1.83 bits per heavy atom. The van der Waals surface area contributed by atoms with Crippen LogP contribution in [0.1, 0.15) is 16.8 Å². The number of thiazole rings is 1. The summed E-state index contributed by atoms with van der Waals surface area (Å²) in [4.78, 5) is 22.2. The van der Waals surface area contributed by atoms with Gasteiger partial charge in [-0.3, -0.25) is 9.69 Å². The highest BCUT2D eigenvalue weighted by Crippen LogP contribution is 2.34. The van der Waals surface area contributed by atoms with Gasteiger partial charge in [-0.15, -0.1) is 0 Å². The molecule has 0 unspecified atom stereocenters. The van der Waals surface area contributed by atoms with Crippen molar-refractivity contribution in [3.63, 3.8) is 0 Å². The van der Waals surface area contributed by atoms with Gasteiger partial charge in [0.2, 0.25) is 10.0 Å². The molecule has 1 saturated heterocycles. The number of hydrogen-bond donors (Lipinski definition) is 0. The van der Waals surface area contributed by atoms with E-state index in [1.54, 1.807) is 24.1 Å². The molecule has 35 heavy (non-hydrogen) atoms.